The molecule has 1 aromatic heterocycles. The van der Waals surface area contributed by atoms with Crippen molar-refractivity contribution in [3.63, 3.8) is 0 Å². The standard InChI is InChI=1S/C15H18ClNOS/c1-12(13-5-3-2-4-6-13)18-10-9-17-11-14-7-8-15(16)19-14/h2-8,12,17H,9-11H2,1H3. The average Bonchev–Trinajstić information content (AvgIpc) is 2.85. The maximum atomic E-state index is 5.88. The summed E-state index contributed by atoms with van der Waals surface area (Å²) >= 11 is 7.49. The van der Waals surface area contributed by atoms with Crippen molar-refractivity contribution >= 4 is 22.9 Å². The van der Waals surface area contributed by atoms with Gasteiger partial charge in [-0.25, -0.2) is 0 Å². The number of nitrogens with one attached hydrogen (secondary N) is 1. The highest BCUT2D eigenvalue weighted by atomic mass is 35.5. The minimum absolute atomic E-state index is 0.138. The Morgan fingerprint density at radius 3 is 2.68 bits per heavy atom. The summed E-state index contributed by atoms with van der Waals surface area (Å²) in [5, 5.41) is 3.35. The van der Waals surface area contributed by atoms with Crippen LogP contribution in [0, 0.1) is 0 Å². The molecule has 1 heterocycles. The quantitative estimate of drug-likeness (QED) is 0.770. The molecule has 0 amide bonds. The highest BCUT2D eigenvalue weighted by molar-refractivity contribution is 7.16. The first-order valence-corrected chi connectivity index (χ1v) is 7.56. The van der Waals surface area contributed by atoms with Gasteiger partial charge < -0.3 is 10.1 Å². The molecule has 0 aliphatic rings. The molecule has 0 saturated carbocycles. The number of ether oxygens (including phenoxy) is 1. The summed E-state index contributed by atoms with van der Waals surface area (Å²) in [6, 6.07) is 14.2. The normalized spacial score (nSPS) is 12.5. The molecule has 19 heavy (non-hydrogen) atoms. The summed E-state index contributed by atoms with van der Waals surface area (Å²) in [5.41, 5.74) is 1.22. The lowest BCUT2D eigenvalue weighted by Crippen LogP contribution is -2.19. The van der Waals surface area contributed by atoms with E-state index in [1.54, 1.807) is 11.3 Å². The first-order valence-electron chi connectivity index (χ1n) is 6.37. The van der Waals surface area contributed by atoms with Crippen molar-refractivity contribution in [2.45, 2.75) is 19.6 Å². The highest BCUT2D eigenvalue weighted by Crippen LogP contribution is 2.21. The van der Waals surface area contributed by atoms with Crippen LogP contribution in [0.5, 0.6) is 0 Å². The minimum Gasteiger partial charge on any atom is -0.373 e. The van der Waals surface area contributed by atoms with E-state index in [4.69, 9.17) is 16.3 Å². The molecule has 0 aliphatic heterocycles. The fraction of sp³-hybridized carbons (Fsp3) is 0.333. The molecule has 0 bridgehead atoms. The van der Waals surface area contributed by atoms with Gasteiger partial charge in [-0.05, 0) is 24.6 Å². The van der Waals surface area contributed by atoms with E-state index in [1.165, 1.54) is 10.4 Å². The lowest BCUT2D eigenvalue weighted by molar-refractivity contribution is 0.0676. The van der Waals surface area contributed by atoms with Crippen LogP contribution in [-0.4, -0.2) is 13.2 Å². The van der Waals surface area contributed by atoms with E-state index >= 15 is 0 Å². The molecule has 2 nitrogen and oxygen atoms in total. The number of benzene rings is 1. The van der Waals surface area contributed by atoms with Gasteiger partial charge in [0.1, 0.15) is 0 Å². The number of rotatable bonds is 7. The van der Waals surface area contributed by atoms with Gasteiger partial charge in [-0.2, -0.15) is 0 Å². The zero-order valence-electron chi connectivity index (χ0n) is 10.9. The van der Waals surface area contributed by atoms with Gasteiger partial charge in [-0.15, -0.1) is 11.3 Å². The van der Waals surface area contributed by atoms with Crippen molar-refractivity contribution in [2.24, 2.45) is 0 Å². The first-order chi connectivity index (χ1) is 9.25. The summed E-state index contributed by atoms with van der Waals surface area (Å²) in [5.74, 6) is 0. The molecule has 0 saturated heterocycles. The third-order valence-corrected chi connectivity index (χ3v) is 4.07. The van der Waals surface area contributed by atoms with Gasteiger partial charge in [0.05, 0.1) is 17.0 Å². The Morgan fingerprint density at radius 2 is 2.00 bits per heavy atom. The number of thiophene rings is 1. The average molecular weight is 296 g/mol. The zero-order valence-corrected chi connectivity index (χ0v) is 12.5. The van der Waals surface area contributed by atoms with E-state index in [0.717, 1.165) is 17.4 Å². The van der Waals surface area contributed by atoms with Crippen LogP contribution < -0.4 is 5.32 Å². The van der Waals surface area contributed by atoms with E-state index in [0.29, 0.717) is 6.61 Å². The van der Waals surface area contributed by atoms with Crippen LogP contribution in [0.3, 0.4) is 0 Å². The van der Waals surface area contributed by atoms with Crippen molar-refractivity contribution in [3.8, 4) is 0 Å². The second-order valence-corrected chi connectivity index (χ2v) is 6.11. The van der Waals surface area contributed by atoms with Gasteiger partial charge in [0.2, 0.25) is 0 Å². The summed E-state index contributed by atoms with van der Waals surface area (Å²) < 4.78 is 6.62. The van der Waals surface area contributed by atoms with Crippen molar-refractivity contribution in [2.75, 3.05) is 13.2 Å². The molecule has 0 spiro atoms. The number of halogens is 1. The predicted octanol–water partition coefficient (Wildman–Crippen LogP) is 4.27. The smallest absolute Gasteiger partial charge is 0.0931 e. The largest absolute Gasteiger partial charge is 0.373 e. The second kappa shape index (κ2) is 7.65. The van der Waals surface area contributed by atoms with Gasteiger partial charge in [0, 0.05) is 18.0 Å². The van der Waals surface area contributed by atoms with E-state index in [2.05, 4.69) is 24.4 Å². The predicted molar refractivity (Wildman–Crippen MR) is 81.8 cm³/mol. The second-order valence-electron chi connectivity index (χ2n) is 4.31. The molecule has 1 atom stereocenters. The van der Waals surface area contributed by atoms with Crippen molar-refractivity contribution < 1.29 is 4.74 Å². The fourth-order valence-corrected chi connectivity index (χ4v) is 2.84. The molecule has 2 aromatic rings. The van der Waals surface area contributed by atoms with Gasteiger partial charge in [0.15, 0.2) is 0 Å². The van der Waals surface area contributed by atoms with Gasteiger partial charge in [0.25, 0.3) is 0 Å². The molecule has 4 heteroatoms. The van der Waals surface area contributed by atoms with Crippen LogP contribution in [0.25, 0.3) is 0 Å². The Labute approximate surface area is 123 Å². The molecule has 0 radical (unpaired) electrons. The van der Waals surface area contributed by atoms with Crippen LogP contribution in [0.2, 0.25) is 4.34 Å². The van der Waals surface area contributed by atoms with Crippen molar-refractivity contribution in [1.29, 1.82) is 0 Å². The van der Waals surface area contributed by atoms with Gasteiger partial charge in [-0.1, -0.05) is 41.9 Å². The third-order valence-electron chi connectivity index (χ3n) is 2.84. The SMILES string of the molecule is CC(OCCNCc1ccc(Cl)s1)c1ccccc1. The molecular weight excluding hydrogens is 278 g/mol. The lowest BCUT2D eigenvalue weighted by Gasteiger charge is -2.13. The highest BCUT2D eigenvalue weighted by Gasteiger charge is 2.04. The molecule has 1 aromatic carbocycles. The Balaban J connectivity index is 1.62. The molecule has 102 valence electrons. The monoisotopic (exact) mass is 295 g/mol. The summed E-state index contributed by atoms with van der Waals surface area (Å²) in [7, 11) is 0. The van der Waals surface area contributed by atoms with E-state index in [-0.39, 0.29) is 6.10 Å². The summed E-state index contributed by atoms with van der Waals surface area (Å²) in [6.07, 6.45) is 0.138. The minimum atomic E-state index is 0.138. The lowest BCUT2D eigenvalue weighted by atomic mass is 10.1. The van der Waals surface area contributed by atoms with Crippen LogP contribution in [-0.2, 0) is 11.3 Å². The summed E-state index contributed by atoms with van der Waals surface area (Å²) in [4.78, 5) is 1.25. The Bertz CT molecular complexity index is 486. The number of hydrogen-bond donors (Lipinski definition) is 1. The fourth-order valence-electron chi connectivity index (χ4n) is 1.79. The molecular formula is C15H18ClNOS. The van der Waals surface area contributed by atoms with E-state index < -0.39 is 0 Å². The Hall–Kier alpha value is -0.870. The maximum absolute atomic E-state index is 5.88. The van der Waals surface area contributed by atoms with Crippen LogP contribution >= 0.6 is 22.9 Å². The third kappa shape index (κ3) is 4.96. The van der Waals surface area contributed by atoms with E-state index in [9.17, 15) is 0 Å². The van der Waals surface area contributed by atoms with Crippen LogP contribution in [0.15, 0.2) is 42.5 Å². The molecule has 2 rings (SSSR count). The zero-order chi connectivity index (χ0) is 13.5. The molecule has 0 aliphatic carbocycles. The molecule has 1 N–H and O–H groups in total. The molecule has 0 fully saturated rings. The number of hydrogen-bond acceptors (Lipinski definition) is 3. The van der Waals surface area contributed by atoms with Crippen LogP contribution in [0.4, 0.5) is 0 Å². The Morgan fingerprint density at radius 1 is 1.21 bits per heavy atom. The van der Waals surface area contributed by atoms with Crippen molar-refractivity contribution in [3.05, 3.63) is 57.2 Å². The van der Waals surface area contributed by atoms with Gasteiger partial charge >= 0.3 is 0 Å². The van der Waals surface area contributed by atoms with Gasteiger partial charge in [-0.3, -0.25) is 0 Å². The van der Waals surface area contributed by atoms with Crippen molar-refractivity contribution in [1.82, 2.24) is 5.32 Å². The maximum Gasteiger partial charge on any atom is 0.0931 e. The van der Waals surface area contributed by atoms with E-state index in [1.807, 2.05) is 30.3 Å². The molecule has 1 unspecified atom stereocenters. The first kappa shape index (κ1) is 14.5. The van der Waals surface area contributed by atoms with Crippen LogP contribution in [0.1, 0.15) is 23.5 Å². The summed E-state index contributed by atoms with van der Waals surface area (Å²) in [6.45, 7) is 4.47. The Kier molecular flexibility index (Phi) is 5.86. The topological polar surface area (TPSA) is 21.3 Å².